The van der Waals surface area contributed by atoms with Crippen LogP contribution in [0.4, 0.5) is 0 Å². The molecular weight excluding hydrogens is 206 g/mol. The summed E-state index contributed by atoms with van der Waals surface area (Å²) in [5.41, 5.74) is 8.24. The maximum Gasteiger partial charge on any atom is 0.0249 e. The molecule has 0 aliphatic heterocycles. The van der Waals surface area contributed by atoms with Crippen molar-refractivity contribution in [2.24, 2.45) is 11.7 Å². The van der Waals surface area contributed by atoms with Gasteiger partial charge >= 0.3 is 0 Å². The first-order valence-corrected chi connectivity index (χ1v) is 7.02. The lowest BCUT2D eigenvalue weighted by Crippen LogP contribution is -2.52. The summed E-state index contributed by atoms with van der Waals surface area (Å²) in [6, 6.07) is 10.9. The van der Waals surface area contributed by atoms with Crippen LogP contribution in [0.1, 0.15) is 57.4 Å². The van der Waals surface area contributed by atoms with E-state index in [0.717, 1.165) is 0 Å². The minimum Gasteiger partial charge on any atom is -0.324 e. The Morgan fingerprint density at radius 3 is 2.65 bits per heavy atom. The first-order chi connectivity index (χ1) is 8.18. The lowest BCUT2D eigenvalue weighted by Gasteiger charge is -2.46. The van der Waals surface area contributed by atoms with E-state index in [1.807, 2.05) is 0 Å². The minimum absolute atomic E-state index is 0.00829. The fourth-order valence-corrected chi connectivity index (χ4v) is 3.35. The molecule has 1 aliphatic carbocycles. The van der Waals surface area contributed by atoms with Gasteiger partial charge in [0.2, 0.25) is 0 Å². The van der Waals surface area contributed by atoms with Gasteiger partial charge in [-0.3, -0.25) is 0 Å². The Hall–Kier alpha value is -0.820. The third kappa shape index (κ3) is 2.40. The molecule has 3 atom stereocenters. The van der Waals surface area contributed by atoms with Crippen molar-refractivity contribution in [1.29, 1.82) is 0 Å². The van der Waals surface area contributed by atoms with E-state index in [1.165, 1.54) is 37.7 Å². The van der Waals surface area contributed by atoms with Crippen LogP contribution in [0.15, 0.2) is 30.3 Å². The highest BCUT2D eigenvalue weighted by Gasteiger charge is 2.41. The second-order valence-corrected chi connectivity index (χ2v) is 5.63. The van der Waals surface area contributed by atoms with Gasteiger partial charge in [0.1, 0.15) is 0 Å². The second kappa shape index (κ2) is 5.22. The van der Waals surface area contributed by atoms with Gasteiger partial charge in [-0.2, -0.15) is 0 Å². The SMILES string of the molecule is CCC(C)C1(N)CCCCC1c1ccccc1. The Morgan fingerprint density at radius 1 is 1.29 bits per heavy atom. The average molecular weight is 231 g/mol. The molecule has 0 heterocycles. The molecule has 1 aromatic rings. The van der Waals surface area contributed by atoms with Crippen molar-refractivity contribution in [3.63, 3.8) is 0 Å². The maximum absolute atomic E-state index is 6.79. The molecule has 1 aromatic carbocycles. The number of hydrogen-bond donors (Lipinski definition) is 1. The van der Waals surface area contributed by atoms with E-state index < -0.39 is 0 Å². The molecule has 3 unspecified atom stereocenters. The number of benzene rings is 1. The topological polar surface area (TPSA) is 26.0 Å². The second-order valence-electron chi connectivity index (χ2n) is 5.63. The Balaban J connectivity index is 2.29. The van der Waals surface area contributed by atoms with Gasteiger partial charge < -0.3 is 5.73 Å². The average Bonchev–Trinajstić information content (AvgIpc) is 2.39. The summed E-state index contributed by atoms with van der Waals surface area (Å²) in [5.74, 6) is 1.15. The normalized spacial score (nSPS) is 31.1. The van der Waals surface area contributed by atoms with Crippen molar-refractivity contribution < 1.29 is 0 Å². The van der Waals surface area contributed by atoms with Crippen molar-refractivity contribution in [3.05, 3.63) is 35.9 Å². The molecule has 17 heavy (non-hydrogen) atoms. The summed E-state index contributed by atoms with van der Waals surface area (Å²) in [5, 5.41) is 0. The first-order valence-electron chi connectivity index (χ1n) is 7.02. The molecular formula is C16H25N. The van der Waals surface area contributed by atoms with Crippen LogP contribution in [0.2, 0.25) is 0 Å². The van der Waals surface area contributed by atoms with E-state index in [-0.39, 0.29) is 5.54 Å². The smallest absolute Gasteiger partial charge is 0.0249 e. The van der Waals surface area contributed by atoms with Gasteiger partial charge in [-0.05, 0) is 24.3 Å². The zero-order chi connectivity index (χ0) is 12.3. The summed E-state index contributed by atoms with van der Waals surface area (Å²) >= 11 is 0. The Bertz CT molecular complexity index is 346. The monoisotopic (exact) mass is 231 g/mol. The van der Waals surface area contributed by atoms with Gasteiger partial charge in [0.05, 0.1) is 0 Å². The molecule has 0 amide bonds. The summed E-state index contributed by atoms with van der Waals surface area (Å²) in [4.78, 5) is 0. The molecule has 0 radical (unpaired) electrons. The van der Waals surface area contributed by atoms with Crippen LogP contribution in [0.3, 0.4) is 0 Å². The van der Waals surface area contributed by atoms with Crippen molar-refractivity contribution >= 4 is 0 Å². The zero-order valence-corrected chi connectivity index (χ0v) is 11.2. The van der Waals surface area contributed by atoms with Gasteiger partial charge in [0, 0.05) is 11.5 Å². The molecule has 1 heteroatoms. The Morgan fingerprint density at radius 2 is 2.00 bits per heavy atom. The van der Waals surface area contributed by atoms with Crippen molar-refractivity contribution in [2.45, 2.75) is 57.4 Å². The highest BCUT2D eigenvalue weighted by atomic mass is 14.8. The molecule has 0 aromatic heterocycles. The molecule has 1 nitrogen and oxygen atoms in total. The molecule has 2 N–H and O–H groups in total. The molecule has 2 rings (SSSR count). The third-order valence-corrected chi connectivity index (χ3v) is 4.73. The number of rotatable bonds is 3. The third-order valence-electron chi connectivity index (χ3n) is 4.73. The van der Waals surface area contributed by atoms with Gasteiger partial charge in [0.15, 0.2) is 0 Å². The number of hydrogen-bond acceptors (Lipinski definition) is 1. The molecule has 1 saturated carbocycles. The summed E-state index contributed by atoms with van der Waals surface area (Å²) < 4.78 is 0. The van der Waals surface area contributed by atoms with Gasteiger partial charge in [0.25, 0.3) is 0 Å². The van der Waals surface area contributed by atoms with Gasteiger partial charge in [-0.15, -0.1) is 0 Å². The lowest BCUT2D eigenvalue weighted by molar-refractivity contribution is 0.170. The van der Waals surface area contributed by atoms with Gasteiger partial charge in [-0.1, -0.05) is 63.4 Å². The van der Waals surface area contributed by atoms with E-state index in [2.05, 4.69) is 44.2 Å². The van der Waals surface area contributed by atoms with Crippen LogP contribution < -0.4 is 5.73 Å². The quantitative estimate of drug-likeness (QED) is 0.833. The van der Waals surface area contributed by atoms with E-state index in [9.17, 15) is 0 Å². The van der Waals surface area contributed by atoms with E-state index in [4.69, 9.17) is 5.73 Å². The van der Waals surface area contributed by atoms with Crippen molar-refractivity contribution in [1.82, 2.24) is 0 Å². The summed E-state index contributed by atoms with van der Waals surface area (Å²) in [7, 11) is 0. The van der Waals surface area contributed by atoms with E-state index >= 15 is 0 Å². The molecule has 1 aliphatic rings. The molecule has 0 bridgehead atoms. The summed E-state index contributed by atoms with van der Waals surface area (Å²) in [6.07, 6.45) is 6.24. The number of nitrogens with two attached hydrogens (primary N) is 1. The lowest BCUT2D eigenvalue weighted by atomic mass is 9.64. The minimum atomic E-state index is 0.00829. The van der Waals surface area contributed by atoms with Crippen LogP contribution in [0.25, 0.3) is 0 Å². The first kappa shape index (κ1) is 12.6. The fraction of sp³-hybridized carbons (Fsp3) is 0.625. The van der Waals surface area contributed by atoms with Crippen LogP contribution >= 0.6 is 0 Å². The predicted molar refractivity (Wildman–Crippen MR) is 74.0 cm³/mol. The van der Waals surface area contributed by atoms with Crippen LogP contribution in [-0.2, 0) is 0 Å². The van der Waals surface area contributed by atoms with Crippen LogP contribution in [0.5, 0.6) is 0 Å². The Kier molecular flexibility index (Phi) is 3.88. The standard InChI is InChI=1S/C16H25N/c1-3-13(2)16(17)12-8-7-11-15(16)14-9-5-4-6-10-14/h4-6,9-10,13,15H,3,7-8,11-12,17H2,1-2H3. The van der Waals surface area contributed by atoms with E-state index in [1.54, 1.807) is 0 Å². The van der Waals surface area contributed by atoms with Gasteiger partial charge in [-0.25, -0.2) is 0 Å². The van der Waals surface area contributed by atoms with E-state index in [0.29, 0.717) is 11.8 Å². The largest absolute Gasteiger partial charge is 0.324 e. The zero-order valence-electron chi connectivity index (χ0n) is 11.2. The molecule has 0 saturated heterocycles. The highest BCUT2D eigenvalue weighted by molar-refractivity contribution is 5.25. The van der Waals surface area contributed by atoms with Crippen molar-refractivity contribution in [3.8, 4) is 0 Å². The van der Waals surface area contributed by atoms with Crippen LogP contribution in [-0.4, -0.2) is 5.54 Å². The Labute approximate surface area is 105 Å². The maximum atomic E-state index is 6.79. The van der Waals surface area contributed by atoms with Crippen LogP contribution in [0, 0.1) is 5.92 Å². The molecule has 94 valence electrons. The van der Waals surface area contributed by atoms with Crippen molar-refractivity contribution in [2.75, 3.05) is 0 Å². The molecule has 1 fully saturated rings. The predicted octanol–water partition coefficient (Wildman–Crippen LogP) is 4.09. The molecule has 0 spiro atoms. The summed E-state index contributed by atoms with van der Waals surface area (Å²) in [6.45, 7) is 4.58. The highest BCUT2D eigenvalue weighted by Crippen LogP contribution is 2.44. The fourth-order valence-electron chi connectivity index (χ4n) is 3.35.